The molecule has 4 nitrogen and oxygen atoms in total. The molecule has 2 aromatic rings. The van der Waals surface area contributed by atoms with Crippen molar-refractivity contribution in [1.82, 2.24) is 9.78 Å². The van der Waals surface area contributed by atoms with Crippen molar-refractivity contribution < 1.29 is 9.53 Å². The molecular formula is C15H14N2O2. The molecule has 3 rings (SSSR count). The second-order valence-electron chi connectivity index (χ2n) is 4.69. The first-order chi connectivity index (χ1) is 9.15. The maximum absolute atomic E-state index is 11.5. The summed E-state index contributed by atoms with van der Waals surface area (Å²) in [5, 5.41) is 4.18. The second kappa shape index (κ2) is 4.39. The highest BCUT2D eigenvalue weighted by molar-refractivity contribution is 5.90. The first kappa shape index (κ1) is 11.7. The lowest BCUT2D eigenvalue weighted by atomic mass is 9.96. The van der Waals surface area contributed by atoms with Gasteiger partial charge in [-0.1, -0.05) is 30.8 Å². The van der Waals surface area contributed by atoms with Crippen LogP contribution < -0.4 is 0 Å². The summed E-state index contributed by atoms with van der Waals surface area (Å²) in [5.74, 6) is -0.300. The summed E-state index contributed by atoms with van der Waals surface area (Å²) in [6.07, 6.45) is 4.07. The quantitative estimate of drug-likeness (QED) is 0.611. The van der Waals surface area contributed by atoms with Crippen molar-refractivity contribution in [3.05, 3.63) is 54.4 Å². The summed E-state index contributed by atoms with van der Waals surface area (Å²) in [7, 11) is 1.88. The van der Waals surface area contributed by atoms with E-state index in [-0.39, 0.29) is 12.1 Å². The van der Waals surface area contributed by atoms with Gasteiger partial charge in [0, 0.05) is 36.4 Å². The lowest BCUT2D eigenvalue weighted by Gasteiger charge is -2.13. The van der Waals surface area contributed by atoms with Crippen molar-refractivity contribution in [2.45, 2.75) is 12.5 Å². The number of carbonyl (C=O) groups excluding carboxylic acids is 1. The Balaban J connectivity index is 2.03. The number of cyclic esters (lactones) is 1. The SMILES string of the molecule is C=C1CC(c2ccccc2-c2cnn(C)c2)OC1=O. The van der Waals surface area contributed by atoms with Crippen molar-refractivity contribution in [3.63, 3.8) is 0 Å². The van der Waals surface area contributed by atoms with E-state index in [4.69, 9.17) is 4.74 Å². The highest BCUT2D eigenvalue weighted by atomic mass is 16.5. The molecule has 1 aromatic carbocycles. The van der Waals surface area contributed by atoms with Crippen LogP contribution in [-0.2, 0) is 16.6 Å². The molecule has 1 aliphatic heterocycles. The molecule has 1 unspecified atom stereocenters. The van der Waals surface area contributed by atoms with E-state index in [9.17, 15) is 4.79 Å². The van der Waals surface area contributed by atoms with Crippen LogP contribution in [-0.4, -0.2) is 15.7 Å². The van der Waals surface area contributed by atoms with Gasteiger partial charge < -0.3 is 4.74 Å². The van der Waals surface area contributed by atoms with Crippen LogP contribution >= 0.6 is 0 Å². The fourth-order valence-electron chi connectivity index (χ4n) is 2.34. The number of ether oxygens (including phenoxy) is 1. The number of esters is 1. The molecule has 0 spiro atoms. The Hall–Kier alpha value is -2.36. The normalized spacial score (nSPS) is 18.7. The molecule has 0 saturated carbocycles. The fraction of sp³-hybridized carbons (Fsp3) is 0.200. The van der Waals surface area contributed by atoms with Crippen LogP contribution in [0.25, 0.3) is 11.1 Å². The third kappa shape index (κ3) is 2.05. The summed E-state index contributed by atoms with van der Waals surface area (Å²) < 4.78 is 7.12. The molecule has 0 amide bonds. The van der Waals surface area contributed by atoms with Crippen LogP contribution in [0, 0.1) is 0 Å². The largest absolute Gasteiger partial charge is 0.454 e. The standard InChI is InChI=1S/C15H14N2O2/c1-10-7-14(19-15(10)18)13-6-4-3-5-12(13)11-8-16-17(2)9-11/h3-6,8-9,14H,1,7H2,2H3. The van der Waals surface area contributed by atoms with Gasteiger partial charge in [-0.3, -0.25) is 4.68 Å². The Morgan fingerprint density at radius 1 is 1.42 bits per heavy atom. The molecular weight excluding hydrogens is 240 g/mol. The summed E-state index contributed by atoms with van der Waals surface area (Å²) in [6, 6.07) is 7.92. The Morgan fingerprint density at radius 2 is 2.21 bits per heavy atom. The lowest BCUT2D eigenvalue weighted by molar-refractivity contribution is -0.139. The molecule has 4 heteroatoms. The molecule has 0 N–H and O–H groups in total. The number of aromatic nitrogens is 2. The highest BCUT2D eigenvalue weighted by Gasteiger charge is 2.30. The molecule has 19 heavy (non-hydrogen) atoms. The van der Waals surface area contributed by atoms with Gasteiger partial charge in [0.15, 0.2) is 0 Å². The van der Waals surface area contributed by atoms with Crippen LogP contribution in [0.3, 0.4) is 0 Å². The van der Waals surface area contributed by atoms with E-state index in [1.807, 2.05) is 43.7 Å². The van der Waals surface area contributed by atoms with Gasteiger partial charge in [-0.25, -0.2) is 4.79 Å². The van der Waals surface area contributed by atoms with Crippen molar-refractivity contribution >= 4 is 5.97 Å². The number of hydrogen-bond acceptors (Lipinski definition) is 3. The smallest absolute Gasteiger partial charge is 0.334 e. The van der Waals surface area contributed by atoms with E-state index >= 15 is 0 Å². The third-order valence-electron chi connectivity index (χ3n) is 3.29. The van der Waals surface area contributed by atoms with Crippen molar-refractivity contribution in [2.24, 2.45) is 7.05 Å². The minimum atomic E-state index is -0.300. The molecule has 0 aliphatic carbocycles. The minimum absolute atomic E-state index is 0.239. The number of rotatable bonds is 2. The van der Waals surface area contributed by atoms with Gasteiger partial charge >= 0.3 is 5.97 Å². The van der Waals surface area contributed by atoms with E-state index in [1.54, 1.807) is 4.68 Å². The molecule has 1 aliphatic rings. The minimum Gasteiger partial charge on any atom is -0.454 e. The highest BCUT2D eigenvalue weighted by Crippen LogP contribution is 2.37. The van der Waals surface area contributed by atoms with E-state index in [0.29, 0.717) is 12.0 Å². The summed E-state index contributed by atoms with van der Waals surface area (Å²) in [5.41, 5.74) is 3.60. The topological polar surface area (TPSA) is 44.1 Å². The van der Waals surface area contributed by atoms with E-state index in [2.05, 4.69) is 11.7 Å². The average molecular weight is 254 g/mol. The van der Waals surface area contributed by atoms with Crippen LogP contribution in [0.15, 0.2) is 48.8 Å². The summed E-state index contributed by atoms with van der Waals surface area (Å²) in [6.45, 7) is 3.73. The first-order valence-corrected chi connectivity index (χ1v) is 6.12. The van der Waals surface area contributed by atoms with E-state index in [0.717, 1.165) is 16.7 Å². The first-order valence-electron chi connectivity index (χ1n) is 6.12. The maximum Gasteiger partial charge on any atom is 0.334 e. The molecule has 0 radical (unpaired) electrons. The number of carbonyl (C=O) groups is 1. The molecule has 96 valence electrons. The van der Waals surface area contributed by atoms with Gasteiger partial charge in [-0.15, -0.1) is 0 Å². The molecule has 2 heterocycles. The van der Waals surface area contributed by atoms with Gasteiger partial charge in [0.2, 0.25) is 0 Å². The Bertz CT molecular complexity index is 642. The van der Waals surface area contributed by atoms with Crippen LogP contribution in [0.4, 0.5) is 0 Å². The number of benzene rings is 1. The summed E-state index contributed by atoms with van der Waals surface area (Å²) in [4.78, 5) is 11.5. The molecule has 1 saturated heterocycles. The Morgan fingerprint density at radius 3 is 2.84 bits per heavy atom. The zero-order chi connectivity index (χ0) is 13.4. The molecule has 0 bridgehead atoms. The molecule has 1 atom stereocenters. The van der Waals surface area contributed by atoms with Gasteiger partial charge in [-0.2, -0.15) is 5.10 Å². The number of nitrogens with zero attached hydrogens (tertiary/aromatic N) is 2. The van der Waals surface area contributed by atoms with E-state index in [1.165, 1.54) is 0 Å². The fourth-order valence-corrected chi connectivity index (χ4v) is 2.34. The predicted molar refractivity (Wildman–Crippen MR) is 71.2 cm³/mol. The number of aryl methyl sites for hydroxylation is 1. The van der Waals surface area contributed by atoms with Crippen molar-refractivity contribution in [1.29, 1.82) is 0 Å². The third-order valence-corrected chi connectivity index (χ3v) is 3.29. The van der Waals surface area contributed by atoms with Gasteiger partial charge in [0.05, 0.1) is 6.20 Å². The van der Waals surface area contributed by atoms with Crippen molar-refractivity contribution in [3.8, 4) is 11.1 Å². The maximum atomic E-state index is 11.5. The van der Waals surface area contributed by atoms with Crippen LogP contribution in [0.2, 0.25) is 0 Å². The molecule has 1 aromatic heterocycles. The Kier molecular flexibility index (Phi) is 2.71. The number of hydrogen-bond donors (Lipinski definition) is 0. The Labute approximate surface area is 111 Å². The van der Waals surface area contributed by atoms with E-state index < -0.39 is 0 Å². The van der Waals surface area contributed by atoms with Crippen LogP contribution in [0.1, 0.15) is 18.1 Å². The summed E-state index contributed by atoms with van der Waals surface area (Å²) >= 11 is 0. The van der Waals surface area contributed by atoms with Gasteiger partial charge in [0.1, 0.15) is 6.10 Å². The second-order valence-corrected chi connectivity index (χ2v) is 4.69. The zero-order valence-corrected chi connectivity index (χ0v) is 10.7. The monoisotopic (exact) mass is 254 g/mol. The molecule has 1 fully saturated rings. The van der Waals surface area contributed by atoms with Gasteiger partial charge in [-0.05, 0) is 5.56 Å². The lowest BCUT2D eigenvalue weighted by Crippen LogP contribution is -2.00. The average Bonchev–Trinajstić information content (AvgIpc) is 2.97. The van der Waals surface area contributed by atoms with Crippen LogP contribution in [0.5, 0.6) is 0 Å². The predicted octanol–water partition coefficient (Wildman–Crippen LogP) is 2.63. The van der Waals surface area contributed by atoms with Gasteiger partial charge in [0.25, 0.3) is 0 Å². The zero-order valence-electron chi connectivity index (χ0n) is 10.7. The van der Waals surface area contributed by atoms with Crippen molar-refractivity contribution in [2.75, 3.05) is 0 Å².